The van der Waals surface area contributed by atoms with Crippen molar-refractivity contribution in [1.82, 2.24) is 0 Å². The molecule has 0 atom stereocenters. The van der Waals surface area contributed by atoms with E-state index < -0.39 is 17.6 Å². The topological polar surface area (TPSA) is 38.0 Å². The lowest BCUT2D eigenvalue weighted by Gasteiger charge is -2.33. The molecule has 18 heavy (non-hydrogen) atoms. The van der Waals surface area contributed by atoms with Crippen molar-refractivity contribution in [2.75, 3.05) is 5.32 Å². The van der Waals surface area contributed by atoms with Gasteiger partial charge in [0.2, 0.25) is 0 Å². The number of alkyl halides is 3. The van der Waals surface area contributed by atoms with Crippen LogP contribution in [0.3, 0.4) is 0 Å². The number of hydrogen-bond acceptors (Lipinski definition) is 2. The number of rotatable bonds is 2. The summed E-state index contributed by atoms with van der Waals surface area (Å²) in [6.45, 7) is 0. The van der Waals surface area contributed by atoms with Crippen molar-refractivity contribution in [2.24, 2.45) is 5.73 Å². The lowest BCUT2D eigenvalue weighted by Crippen LogP contribution is -2.44. The first kappa shape index (κ1) is 15.0. The second kappa shape index (κ2) is 5.32. The maximum atomic E-state index is 13.0. The number of nitrogens with two attached hydrogens (primary N) is 1. The van der Waals surface area contributed by atoms with Crippen LogP contribution in [-0.4, -0.2) is 12.1 Å². The molecule has 0 amide bonds. The molecule has 2 nitrogen and oxygen atoms in total. The first-order valence-corrected chi connectivity index (χ1v) is 5.25. The molecule has 0 heterocycles. The summed E-state index contributed by atoms with van der Waals surface area (Å²) in [5, 5.41) is 2.90. The van der Waals surface area contributed by atoms with E-state index in [1.165, 1.54) is 6.07 Å². The van der Waals surface area contributed by atoms with Gasteiger partial charge in [0.05, 0.1) is 5.56 Å². The Labute approximate surface area is 108 Å². The van der Waals surface area contributed by atoms with Crippen LogP contribution in [0.1, 0.15) is 18.4 Å². The molecule has 1 aliphatic carbocycles. The van der Waals surface area contributed by atoms with Gasteiger partial charge in [-0.25, -0.2) is 4.39 Å². The number of nitrogens with one attached hydrogen (secondary N) is 1. The molecular formula is C11H13ClF4N2. The van der Waals surface area contributed by atoms with Crippen LogP contribution in [-0.2, 0) is 6.18 Å². The molecular weight excluding hydrogens is 272 g/mol. The molecule has 0 bridgehead atoms. The van der Waals surface area contributed by atoms with Crippen LogP contribution in [0.25, 0.3) is 0 Å². The molecule has 0 spiro atoms. The van der Waals surface area contributed by atoms with Crippen molar-refractivity contribution in [3.63, 3.8) is 0 Å². The van der Waals surface area contributed by atoms with Gasteiger partial charge in [0.25, 0.3) is 0 Å². The summed E-state index contributed by atoms with van der Waals surface area (Å²) in [6, 6.07) is 3.10. The monoisotopic (exact) mass is 284 g/mol. The van der Waals surface area contributed by atoms with Crippen LogP contribution in [0.5, 0.6) is 0 Å². The Hall–Kier alpha value is -1.01. The molecule has 3 N–H and O–H groups in total. The van der Waals surface area contributed by atoms with Crippen LogP contribution in [0.2, 0.25) is 0 Å². The molecule has 0 aromatic heterocycles. The van der Waals surface area contributed by atoms with E-state index in [-0.39, 0.29) is 30.2 Å². The van der Waals surface area contributed by atoms with Crippen molar-refractivity contribution in [3.05, 3.63) is 29.6 Å². The number of anilines is 1. The van der Waals surface area contributed by atoms with Gasteiger partial charge in [-0.2, -0.15) is 13.2 Å². The zero-order valence-corrected chi connectivity index (χ0v) is 10.1. The second-order valence-corrected chi connectivity index (χ2v) is 4.27. The molecule has 0 saturated heterocycles. The Bertz CT molecular complexity index is 416. The lowest BCUT2D eigenvalue weighted by molar-refractivity contribution is -0.139. The standard InChI is InChI=1S/C11H12F4N2.ClH/c12-10-2-1-7(5-9(10)11(13,14)15)17-8-3-6(16)4-8;/h1-2,5-6,8,17H,3-4,16H2;1H. The number of benzene rings is 1. The van der Waals surface area contributed by atoms with E-state index in [1.54, 1.807) is 0 Å². The normalized spacial score (nSPS) is 22.9. The quantitative estimate of drug-likeness (QED) is 0.819. The summed E-state index contributed by atoms with van der Waals surface area (Å²) in [5.74, 6) is -1.26. The third-order valence-corrected chi connectivity index (χ3v) is 2.82. The summed E-state index contributed by atoms with van der Waals surface area (Å²) >= 11 is 0. The fraction of sp³-hybridized carbons (Fsp3) is 0.455. The van der Waals surface area contributed by atoms with Crippen LogP contribution < -0.4 is 11.1 Å². The third kappa shape index (κ3) is 3.26. The molecule has 2 rings (SSSR count). The van der Waals surface area contributed by atoms with Gasteiger partial charge < -0.3 is 11.1 Å². The van der Waals surface area contributed by atoms with Crippen LogP contribution in [0, 0.1) is 5.82 Å². The smallest absolute Gasteiger partial charge is 0.382 e. The van der Waals surface area contributed by atoms with E-state index >= 15 is 0 Å². The fourth-order valence-corrected chi connectivity index (χ4v) is 1.85. The summed E-state index contributed by atoms with van der Waals surface area (Å²) in [6.07, 6.45) is -3.23. The largest absolute Gasteiger partial charge is 0.419 e. The molecule has 1 aromatic carbocycles. The van der Waals surface area contributed by atoms with Gasteiger partial charge in [0.1, 0.15) is 5.82 Å². The van der Waals surface area contributed by atoms with Crippen molar-refractivity contribution >= 4 is 18.1 Å². The van der Waals surface area contributed by atoms with Gasteiger partial charge in [0, 0.05) is 17.8 Å². The van der Waals surface area contributed by atoms with E-state index in [2.05, 4.69) is 5.32 Å². The minimum absolute atomic E-state index is 0. The molecule has 0 unspecified atom stereocenters. The molecule has 0 radical (unpaired) electrons. The Balaban J connectivity index is 0.00000162. The van der Waals surface area contributed by atoms with Crippen LogP contribution in [0.4, 0.5) is 23.2 Å². The Morgan fingerprint density at radius 1 is 1.22 bits per heavy atom. The van der Waals surface area contributed by atoms with E-state index in [0.29, 0.717) is 0 Å². The first-order valence-electron chi connectivity index (χ1n) is 5.25. The highest BCUT2D eigenvalue weighted by Crippen LogP contribution is 2.33. The van der Waals surface area contributed by atoms with Crippen molar-refractivity contribution in [1.29, 1.82) is 0 Å². The summed E-state index contributed by atoms with van der Waals surface area (Å²) in [5.41, 5.74) is 4.60. The third-order valence-electron chi connectivity index (χ3n) is 2.82. The fourth-order valence-electron chi connectivity index (χ4n) is 1.85. The molecule has 102 valence electrons. The molecule has 1 aromatic rings. The molecule has 0 aliphatic heterocycles. The van der Waals surface area contributed by atoms with E-state index in [4.69, 9.17) is 5.73 Å². The highest BCUT2D eigenvalue weighted by molar-refractivity contribution is 5.85. The van der Waals surface area contributed by atoms with Crippen molar-refractivity contribution in [2.45, 2.75) is 31.1 Å². The van der Waals surface area contributed by atoms with Gasteiger partial charge in [-0.3, -0.25) is 0 Å². The molecule has 7 heteroatoms. The van der Waals surface area contributed by atoms with E-state index in [9.17, 15) is 17.6 Å². The average molecular weight is 285 g/mol. The molecule has 1 saturated carbocycles. The van der Waals surface area contributed by atoms with Crippen LogP contribution >= 0.6 is 12.4 Å². The zero-order valence-electron chi connectivity index (χ0n) is 9.30. The zero-order chi connectivity index (χ0) is 12.6. The highest BCUT2D eigenvalue weighted by atomic mass is 35.5. The molecule has 1 aliphatic rings. The predicted octanol–water partition coefficient (Wildman–Crippen LogP) is 3.17. The van der Waals surface area contributed by atoms with Gasteiger partial charge in [-0.1, -0.05) is 0 Å². The van der Waals surface area contributed by atoms with Crippen LogP contribution in [0.15, 0.2) is 18.2 Å². The van der Waals surface area contributed by atoms with E-state index in [0.717, 1.165) is 25.0 Å². The maximum absolute atomic E-state index is 13.0. The summed E-state index contributed by atoms with van der Waals surface area (Å²) < 4.78 is 50.3. The first-order chi connectivity index (χ1) is 7.86. The van der Waals surface area contributed by atoms with Crippen molar-refractivity contribution < 1.29 is 17.6 Å². The Kier molecular flexibility index (Phi) is 4.45. The summed E-state index contributed by atoms with van der Waals surface area (Å²) in [4.78, 5) is 0. The molecule has 1 fully saturated rings. The average Bonchev–Trinajstić information content (AvgIpc) is 2.16. The van der Waals surface area contributed by atoms with Crippen molar-refractivity contribution in [3.8, 4) is 0 Å². The minimum atomic E-state index is -4.67. The van der Waals surface area contributed by atoms with Gasteiger partial charge in [-0.05, 0) is 31.0 Å². The SMILES string of the molecule is Cl.NC1CC(Nc2ccc(F)c(C(F)(F)F)c2)C1. The minimum Gasteiger partial charge on any atom is -0.382 e. The van der Waals surface area contributed by atoms with Gasteiger partial charge in [0.15, 0.2) is 0 Å². The van der Waals surface area contributed by atoms with Gasteiger partial charge in [-0.15, -0.1) is 12.4 Å². The van der Waals surface area contributed by atoms with E-state index in [1.807, 2.05) is 0 Å². The Morgan fingerprint density at radius 3 is 2.33 bits per heavy atom. The van der Waals surface area contributed by atoms with Gasteiger partial charge >= 0.3 is 6.18 Å². The lowest BCUT2D eigenvalue weighted by atomic mass is 9.87. The second-order valence-electron chi connectivity index (χ2n) is 4.27. The Morgan fingerprint density at radius 2 is 1.83 bits per heavy atom. The highest BCUT2D eigenvalue weighted by Gasteiger charge is 2.34. The summed E-state index contributed by atoms with van der Waals surface area (Å²) in [7, 11) is 0. The number of halogens is 5. The predicted molar refractivity (Wildman–Crippen MR) is 63.3 cm³/mol. The number of hydrogen-bond donors (Lipinski definition) is 2. The maximum Gasteiger partial charge on any atom is 0.419 e.